The number of esters is 1. The molecule has 37 heavy (non-hydrogen) atoms. The molecule has 1 aliphatic rings. The van der Waals surface area contributed by atoms with E-state index < -0.39 is 18.1 Å². The number of hydrogen-bond donors (Lipinski definition) is 3. The second-order valence-corrected chi connectivity index (χ2v) is 9.22. The standard InChI is InChI=1S/C29H36N2O6/c1-5-24(6-2)37-26-16-23(28(33)34)15-25(27(26)31-18(3)32)30-17-19-7-9-20(10-8-19)21-11-13-22(14-12-21)29(35)36-4/h7-14,16,24-27,30H,5-6,15,17H2,1-4H3,(H,31,32)(H,33,34)/t25-,26+,27+/m0/s1. The van der Waals surface area contributed by atoms with Gasteiger partial charge in [0.05, 0.1) is 30.9 Å². The Balaban J connectivity index is 1.74. The van der Waals surface area contributed by atoms with Crippen molar-refractivity contribution in [1.29, 1.82) is 0 Å². The number of carboxylic acids is 1. The smallest absolute Gasteiger partial charge is 0.337 e. The van der Waals surface area contributed by atoms with Gasteiger partial charge in [-0.15, -0.1) is 0 Å². The van der Waals surface area contributed by atoms with Crippen molar-refractivity contribution in [2.45, 2.75) is 70.9 Å². The zero-order valence-electron chi connectivity index (χ0n) is 21.8. The number of ether oxygens (including phenoxy) is 2. The third-order valence-corrected chi connectivity index (χ3v) is 6.66. The van der Waals surface area contributed by atoms with Gasteiger partial charge in [0.1, 0.15) is 0 Å². The van der Waals surface area contributed by atoms with Gasteiger partial charge in [0.15, 0.2) is 0 Å². The maximum atomic E-state index is 12.0. The van der Waals surface area contributed by atoms with Crippen LogP contribution < -0.4 is 10.6 Å². The molecule has 0 heterocycles. The number of methoxy groups -OCH3 is 1. The SMILES string of the molecule is CCC(CC)O[C@@H]1C=C(C(=O)O)C[C@H](NCc2ccc(-c3ccc(C(=O)OC)cc3)cc2)[C@H]1NC(C)=O. The summed E-state index contributed by atoms with van der Waals surface area (Å²) in [5.41, 5.74) is 3.77. The predicted molar refractivity (Wildman–Crippen MR) is 141 cm³/mol. The Morgan fingerprint density at radius 1 is 1.00 bits per heavy atom. The summed E-state index contributed by atoms with van der Waals surface area (Å²) in [5.74, 6) is -1.54. The second-order valence-electron chi connectivity index (χ2n) is 9.22. The number of carbonyl (C=O) groups excluding carboxylic acids is 2. The summed E-state index contributed by atoms with van der Waals surface area (Å²) >= 11 is 0. The Labute approximate surface area is 218 Å². The number of rotatable bonds is 11. The number of amides is 1. The topological polar surface area (TPSA) is 114 Å². The van der Waals surface area contributed by atoms with Gasteiger partial charge in [-0.2, -0.15) is 0 Å². The monoisotopic (exact) mass is 508 g/mol. The van der Waals surface area contributed by atoms with E-state index in [4.69, 9.17) is 9.47 Å². The normalized spacial score (nSPS) is 19.3. The fourth-order valence-corrected chi connectivity index (χ4v) is 4.55. The van der Waals surface area contributed by atoms with Crippen LogP contribution in [0.25, 0.3) is 11.1 Å². The molecule has 0 saturated heterocycles. The molecule has 3 atom stereocenters. The summed E-state index contributed by atoms with van der Waals surface area (Å²) in [5, 5.41) is 16.1. The quantitative estimate of drug-likeness (QED) is 0.392. The van der Waals surface area contributed by atoms with Gasteiger partial charge in [0.2, 0.25) is 5.91 Å². The number of benzene rings is 2. The summed E-state index contributed by atoms with van der Waals surface area (Å²) in [7, 11) is 1.35. The van der Waals surface area contributed by atoms with E-state index in [1.807, 2.05) is 50.2 Å². The molecule has 0 radical (unpaired) electrons. The molecular weight excluding hydrogens is 472 g/mol. The van der Waals surface area contributed by atoms with Crippen LogP contribution in [0.3, 0.4) is 0 Å². The van der Waals surface area contributed by atoms with Crippen molar-refractivity contribution in [3.63, 3.8) is 0 Å². The lowest BCUT2D eigenvalue weighted by Gasteiger charge is -2.38. The molecule has 0 saturated carbocycles. The van der Waals surface area contributed by atoms with Crippen molar-refractivity contribution in [2.75, 3.05) is 7.11 Å². The van der Waals surface area contributed by atoms with E-state index in [2.05, 4.69) is 10.6 Å². The summed E-state index contributed by atoms with van der Waals surface area (Å²) in [4.78, 5) is 35.5. The van der Waals surface area contributed by atoms with Gasteiger partial charge in [-0.3, -0.25) is 4.79 Å². The van der Waals surface area contributed by atoms with Gasteiger partial charge in [0.25, 0.3) is 0 Å². The first-order valence-corrected chi connectivity index (χ1v) is 12.6. The van der Waals surface area contributed by atoms with Gasteiger partial charge in [-0.25, -0.2) is 9.59 Å². The van der Waals surface area contributed by atoms with Gasteiger partial charge < -0.3 is 25.2 Å². The first-order chi connectivity index (χ1) is 17.7. The van der Waals surface area contributed by atoms with E-state index in [0.29, 0.717) is 12.1 Å². The average Bonchev–Trinajstić information content (AvgIpc) is 2.91. The molecule has 0 aromatic heterocycles. The minimum absolute atomic E-state index is 0.0273. The number of aliphatic carboxylic acids is 1. The summed E-state index contributed by atoms with van der Waals surface area (Å²) in [6, 6.07) is 14.5. The van der Waals surface area contributed by atoms with Crippen LogP contribution in [0.2, 0.25) is 0 Å². The van der Waals surface area contributed by atoms with Gasteiger partial charge in [-0.1, -0.05) is 50.2 Å². The molecule has 0 fully saturated rings. The van der Waals surface area contributed by atoms with Crippen LogP contribution >= 0.6 is 0 Å². The third kappa shape index (κ3) is 7.50. The average molecular weight is 509 g/mol. The molecule has 0 aliphatic heterocycles. The summed E-state index contributed by atoms with van der Waals surface area (Å²) < 4.78 is 11.0. The Bertz CT molecular complexity index is 1110. The number of nitrogens with one attached hydrogen (secondary N) is 2. The molecule has 2 aromatic carbocycles. The molecule has 8 heteroatoms. The maximum Gasteiger partial charge on any atom is 0.337 e. The molecule has 0 spiro atoms. The fourth-order valence-electron chi connectivity index (χ4n) is 4.55. The molecule has 198 valence electrons. The molecule has 3 rings (SSSR count). The van der Waals surface area contributed by atoms with Crippen LogP contribution in [0.4, 0.5) is 0 Å². The van der Waals surface area contributed by atoms with E-state index in [9.17, 15) is 19.5 Å². The highest BCUT2D eigenvalue weighted by Crippen LogP contribution is 2.26. The van der Waals surface area contributed by atoms with Gasteiger partial charge in [-0.05, 0) is 54.2 Å². The van der Waals surface area contributed by atoms with Crippen molar-refractivity contribution in [1.82, 2.24) is 10.6 Å². The summed E-state index contributed by atoms with van der Waals surface area (Å²) in [6.07, 6.45) is 2.94. The first-order valence-electron chi connectivity index (χ1n) is 12.6. The number of hydrogen-bond acceptors (Lipinski definition) is 6. The first kappa shape index (κ1) is 28.1. The highest BCUT2D eigenvalue weighted by atomic mass is 16.5. The number of carbonyl (C=O) groups is 3. The lowest BCUT2D eigenvalue weighted by atomic mass is 9.87. The van der Waals surface area contributed by atoms with E-state index in [1.165, 1.54) is 14.0 Å². The van der Waals surface area contributed by atoms with Crippen molar-refractivity contribution in [2.24, 2.45) is 0 Å². The molecule has 3 N–H and O–H groups in total. The van der Waals surface area contributed by atoms with Crippen LogP contribution in [0.5, 0.6) is 0 Å². The second kappa shape index (κ2) is 13.2. The highest BCUT2D eigenvalue weighted by Gasteiger charge is 2.37. The molecule has 1 amide bonds. The van der Waals surface area contributed by atoms with Gasteiger partial charge >= 0.3 is 11.9 Å². The van der Waals surface area contributed by atoms with Crippen molar-refractivity contribution in [3.05, 3.63) is 71.3 Å². The summed E-state index contributed by atoms with van der Waals surface area (Å²) in [6.45, 7) is 6.00. The Kier molecular flexibility index (Phi) is 10.00. The minimum Gasteiger partial charge on any atom is -0.478 e. The van der Waals surface area contributed by atoms with E-state index in [-0.39, 0.29) is 36.0 Å². The lowest BCUT2D eigenvalue weighted by Crippen LogP contribution is -2.58. The lowest BCUT2D eigenvalue weighted by molar-refractivity contribution is -0.133. The maximum absolute atomic E-state index is 12.0. The zero-order chi connectivity index (χ0) is 26.9. The van der Waals surface area contributed by atoms with E-state index >= 15 is 0 Å². The van der Waals surface area contributed by atoms with Gasteiger partial charge in [0, 0.05) is 25.1 Å². The highest BCUT2D eigenvalue weighted by molar-refractivity contribution is 5.90. The van der Waals surface area contributed by atoms with Crippen LogP contribution in [0, 0.1) is 0 Å². The Hall–Kier alpha value is -3.49. The molecular formula is C29H36N2O6. The molecule has 0 unspecified atom stereocenters. The molecule has 1 aliphatic carbocycles. The molecule has 8 nitrogen and oxygen atoms in total. The van der Waals surface area contributed by atoms with Crippen LogP contribution in [-0.4, -0.2) is 54.4 Å². The van der Waals surface area contributed by atoms with E-state index in [0.717, 1.165) is 29.5 Å². The Morgan fingerprint density at radius 3 is 2.11 bits per heavy atom. The largest absolute Gasteiger partial charge is 0.478 e. The van der Waals surface area contributed by atoms with Crippen LogP contribution in [0.15, 0.2) is 60.2 Å². The van der Waals surface area contributed by atoms with Crippen molar-refractivity contribution >= 4 is 17.8 Å². The van der Waals surface area contributed by atoms with Crippen molar-refractivity contribution < 1.29 is 29.0 Å². The molecule has 0 bridgehead atoms. The van der Waals surface area contributed by atoms with Crippen molar-refractivity contribution in [3.8, 4) is 11.1 Å². The molecule has 2 aromatic rings. The predicted octanol–water partition coefficient (Wildman–Crippen LogP) is 4.09. The Morgan fingerprint density at radius 2 is 1.59 bits per heavy atom. The van der Waals surface area contributed by atoms with E-state index in [1.54, 1.807) is 18.2 Å². The van der Waals surface area contributed by atoms with Crippen LogP contribution in [-0.2, 0) is 25.6 Å². The third-order valence-electron chi connectivity index (χ3n) is 6.66. The zero-order valence-corrected chi connectivity index (χ0v) is 21.8. The van der Waals surface area contributed by atoms with Crippen LogP contribution in [0.1, 0.15) is 56.0 Å². The minimum atomic E-state index is -0.978. The number of carboxylic acid groups (broad SMARTS) is 1. The fraction of sp³-hybridized carbons (Fsp3) is 0.414.